The lowest BCUT2D eigenvalue weighted by Gasteiger charge is -2.09. The van der Waals surface area contributed by atoms with Gasteiger partial charge in [0, 0.05) is 4.88 Å². The molecule has 1 aromatic carbocycles. The van der Waals surface area contributed by atoms with E-state index in [1.807, 2.05) is 35.7 Å². The van der Waals surface area contributed by atoms with Gasteiger partial charge in [-0.15, -0.1) is 23.7 Å². The Labute approximate surface area is 105 Å². The average Bonchev–Trinajstić information content (AvgIpc) is 2.81. The maximum Gasteiger partial charge on any atom is 0.0991 e. The molecule has 0 aliphatic carbocycles. The highest BCUT2D eigenvalue weighted by atomic mass is 35.5. The topological polar surface area (TPSA) is 49.8 Å². The van der Waals surface area contributed by atoms with Crippen LogP contribution in [0.3, 0.4) is 0 Å². The summed E-state index contributed by atoms with van der Waals surface area (Å²) in [7, 11) is 0. The fourth-order valence-corrected chi connectivity index (χ4v) is 2.19. The summed E-state index contributed by atoms with van der Waals surface area (Å²) in [5.74, 6) is 0. The van der Waals surface area contributed by atoms with Crippen LogP contribution < -0.4 is 5.73 Å². The van der Waals surface area contributed by atoms with Gasteiger partial charge < -0.3 is 5.73 Å². The number of hydrogen-bond acceptors (Lipinski definition) is 3. The van der Waals surface area contributed by atoms with E-state index in [1.165, 1.54) is 0 Å². The molecule has 16 heavy (non-hydrogen) atoms. The Morgan fingerprint density at radius 3 is 2.69 bits per heavy atom. The molecule has 2 rings (SSSR count). The standard InChI is InChI=1S/C12H10N2S.ClH/c13-8-9-3-1-4-10(7-9)12(14)11-5-2-6-15-11;/h1-7,12H,14H2;1H/t12-;/m0./s1. The minimum Gasteiger partial charge on any atom is -0.320 e. The van der Waals surface area contributed by atoms with Crippen molar-refractivity contribution in [1.82, 2.24) is 0 Å². The number of thiophene rings is 1. The second-order valence-corrected chi connectivity index (χ2v) is 4.21. The van der Waals surface area contributed by atoms with E-state index < -0.39 is 0 Å². The summed E-state index contributed by atoms with van der Waals surface area (Å²) in [5, 5.41) is 10.8. The Bertz CT molecular complexity index is 488. The molecule has 0 unspecified atom stereocenters. The summed E-state index contributed by atoms with van der Waals surface area (Å²) in [5.41, 5.74) is 7.72. The minimum absolute atomic E-state index is 0. The number of nitriles is 1. The maximum absolute atomic E-state index is 8.79. The van der Waals surface area contributed by atoms with Crippen molar-refractivity contribution in [2.24, 2.45) is 5.73 Å². The van der Waals surface area contributed by atoms with Gasteiger partial charge in [0.05, 0.1) is 17.7 Å². The summed E-state index contributed by atoms with van der Waals surface area (Å²) in [6, 6.07) is 13.4. The molecular weight excluding hydrogens is 240 g/mol. The first-order valence-electron chi connectivity index (χ1n) is 4.60. The van der Waals surface area contributed by atoms with Crippen molar-refractivity contribution in [1.29, 1.82) is 5.26 Å². The van der Waals surface area contributed by atoms with Crippen LogP contribution in [0.25, 0.3) is 0 Å². The first-order chi connectivity index (χ1) is 7.31. The number of rotatable bonds is 2. The molecular formula is C12H11ClN2S. The van der Waals surface area contributed by atoms with Crippen LogP contribution in [0.2, 0.25) is 0 Å². The third-order valence-corrected chi connectivity index (χ3v) is 3.18. The van der Waals surface area contributed by atoms with E-state index in [0.29, 0.717) is 5.56 Å². The van der Waals surface area contributed by atoms with Crippen molar-refractivity contribution < 1.29 is 0 Å². The Morgan fingerprint density at radius 2 is 2.06 bits per heavy atom. The van der Waals surface area contributed by atoms with Gasteiger partial charge in [0.15, 0.2) is 0 Å². The van der Waals surface area contributed by atoms with Crippen LogP contribution in [-0.4, -0.2) is 0 Å². The number of benzene rings is 1. The van der Waals surface area contributed by atoms with Gasteiger partial charge in [-0.1, -0.05) is 18.2 Å². The van der Waals surface area contributed by atoms with Gasteiger partial charge in [0.25, 0.3) is 0 Å². The molecule has 0 spiro atoms. The maximum atomic E-state index is 8.79. The van der Waals surface area contributed by atoms with Crippen LogP contribution >= 0.6 is 23.7 Å². The van der Waals surface area contributed by atoms with E-state index >= 15 is 0 Å². The Balaban J connectivity index is 0.00000128. The summed E-state index contributed by atoms with van der Waals surface area (Å²) in [4.78, 5) is 1.12. The predicted octanol–water partition coefficient (Wildman–Crippen LogP) is 3.09. The number of nitrogens with zero attached hydrogens (tertiary/aromatic N) is 1. The monoisotopic (exact) mass is 250 g/mol. The summed E-state index contributed by atoms with van der Waals surface area (Å²) in [6.45, 7) is 0. The van der Waals surface area contributed by atoms with E-state index in [-0.39, 0.29) is 18.4 Å². The van der Waals surface area contributed by atoms with Crippen LogP contribution in [0.5, 0.6) is 0 Å². The lowest BCUT2D eigenvalue weighted by molar-refractivity contribution is 0.893. The zero-order valence-electron chi connectivity index (χ0n) is 8.46. The molecule has 0 saturated carbocycles. The molecule has 0 amide bonds. The van der Waals surface area contributed by atoms with E-state index in [4.69, 9.17) is 11.0 Å². The van der Waals surface area contributed by atoms with E-state index in [0.717, 1.165) is 10.4 Å². The Hall–Kier alpha value is -1.34. The highest BCUT2D eigenvalue weighted by Gasteiger charge is 2.09. The van der Waals surface area contributed by atoms with E-state index in [9.17, 15) is 0 Å². The Kier molecular flexibility index (Phi) is 4.51. The van der Waals surface area contributed by atoms with Gasteiger partial charge in [0.1, 0.15) is 0 Å². The van der Waals surface area contributed by atoms with Crippen LogP contribution in [0, 0.1) is 11.3 Å². The average molecular weight is 251 g/mol. The zero-order valence-corrected chi connectivity index (χ0v) is 10.1. The lowest BCUT2D eigenvalue weighted by atomic mass is 10.0. The second-order valence-electron chi connectivity index (χ2n) is 3.23. The summed E-state index contributed by atoms with van der Waals surface area (Å²) >= 11 is 1.63. The van der Waals surface area contributed by atoms with Crippen molar-refractivity contribution >= 4 is 23.7 Å². The number of nitrogens with two attached hydrogens (primary N) is 1. The molecule has 0 fully saturated rings. The first kappa shape index (κ1) is 12.7. The number of halogens is 1. The molecule has 82 valence electrons. The molecule has 1 heterocycles. The molecule has 0 bridgehead atoms. The molecule has 2 aromatic rings. The normalized spacial score (nSPS) is 11.2. The molecule has 0 aliphatic rings. The highest BCUT2D eigenvalue weighted by molar-refractivity contribution is 7.10. The third kappa shape index (κ3) is 2.61. The van der Waals surface area contributed by atoms with Crippen LogP contribution in [0.15, 0.2) is 41.8 Å². The predicted molar refractivity (Wildman–Crippen MR) is 68.8 cm³/mol. The largest absolute Gasteiger partial charge is 0.320 e. The fraction of sp³-hybridized carbons (Fsp3) is 0.0833. The molecule has 2 nitrogen and oxygen atoms in total. The van der Waals surface area contributed by atoms with Crippen molar-refractivity contribution in [3.63, 3.8) is 0 Å². The van der Waals surface area contributed by atoms with Gasteiger partial charge in [-0.05, 0) is 29.1 Å². The van der Waals surface area contributed by atoms with Crippen LogP contribution in [0.1, 0.15) is 22.0 Å². The van der Waals surface area contributed by atoms with Gasteiger partial charge >= 0.3 is 0 Å². The fourth-order valence-electron chi connectivity index (χ4n) is 1.43. The molecule has 1 atom stereocenters. The first-order valence-corrected chi connectivity index (χ1v) is 5.48. The van der Waals surface area contributed by atoms with E-state index in [1.54, 1.807) is 17.4 Å². The van der Waals surface area contributed by atoms with E-state index in [2.05, 4.69) is 6.07 Å². The molecule has 0 saturated heterocycles. The van der Waals surface area contributed by atoms with Crippen LogP contribution in [-0.2, 0) is 0 Å². The highest BCUT2D eigenvalue weighted by Crippen LogP contribution is 2.23. The van der Waals surface area contributed by atoms with Gasteiger partial charge in [-0.25, -0.2) is 0 Å². The lowest BCUT2D eigenvalue weighted by Crippen LogP contribution is -2.10. The quantitative estimate of drug-likeness (QED) is 0.891. The molecule has 0 radical (unpaired) electrons. The third-order valence-electron chi connectivity index (χ3n) is 2.22. The van der Waals surface area contributed by atoms with Crippen molar-refractivity contribution in [3.05, 3.63) is 57.8 Å². The van der Waals surface area contributed by atoms with Crippen molar-refractivity contribution in [2.75, 3.05) is 0 Å². The van der Waals surface area contributed by atoms with Gasteiger partial charge in [-0.2, -0.15) is 5.26 Å². The van der Waals surface area contributed by atoms with Gasteiger partial charge in [-0.3, -0.25) is 0 Å². The number of hydrogen-bond donors (Lipinski definition) is 1. The molecule has 2 N–H and O–H groups in total. The zero-order chi connectivity index (χ0) is 10.7. The molecule has 4 heteroatoms. The van der Waals surface area contributed by atoms with Gasteiger partial charge in [0.2, 0.25) is 0 Å². The summed E-state index contributed by atoms with van der Waals surface area (Å²) in [6.07, 6.45) is 0. The minimum atomic E-state index is -0.127. The van der Waals surface area contributed by atoms with Crippen LogP contribution in [0.4, 0.5) is 0 Å². The SMILES string of the molecule is Cl.N#Cc1cccc([C@H](N)c2cccs2)c1. The Morgan fingerprint density at radius 1 is 1.25 bits per heavy atom. The van der Waals surface area contributed by atoms with Crippen molar-refractivity contribution in [2.45, 2.75) is 6.04 Å². The summed E-state index contributed by atoms with van der Waals surface area (Å²) < 4.78 is 0. The second kappa shape index (κ2) is 5.66. The smallest absolute Gasteiger partial charge is 0.0991 e. The molecule has 0 aliphatic heterocycles. The molecule has 1 aromatic heterocycles. The van der Waals surface area contributed by atoms with Crippen molar-refractivity contribution in [3.8, 4) is 6.07 Å².